The summed E-state index contributed by atoms with van der Waals surface area (Å²) in [5.74, 6) is 0.568. The van der Waals surface area contributed by atoms with Crippen LogP contribution in [0.3, 0.4) is 0 Å². The van der Waals surface area contributed by atoms with E-state index in [-0.39, 0.29) is 18.4 Å². The Hall–Kier alpha value is -4.12. The lowest BCUT2D eigenvalue weighted by Gasteiger charge is -2.19. The number of fused-ring (bicyclic) bond motifs is 2. The standard InChI is InChI=1S/C36H35BrFN3O5/c1-36(2,3)46-35(42)23-10-13-31-32(16-23)41(14-15-43-4)33(39-31)17-22-9-12-26(28-21-44-20-27(22)28)30-6-5-7-34(40-30)45-19-24-8-11-25(37)18-29(24)38/h5-13,16,18H,14-15,17,19-21H2,1-4H3. The summed E-state index contributed by atoms with van der Waals surface area (Å²) < 4.78 is 39.9. The van der Waals surface area contributed by atoms with Crippen LogP contribution in [-0.4, -0.2) is 39.8 Å². The molecule has 3 aromatic carbocycles. The first-order valence-electron chi connectivity index (χ1n) is 15.1. The molecule has 0 unspecified atom stereocenters. The topological polar surface area (TPSA) is 84.7 Å². The summed E-state index contributed by atoms with van der Waals surface area (Å²) in [6.07, 6.45) is 0.571. The Morgan fingerprint density at radius 1 is 1.00 bits per heavy atom. The van der Waals surface area contributed by atoms with Crippen molar-refractivity contribution < 1.29 is 28.1 Å². The van der Waals surface area contributed by atoms with Crippen LogP contribution >= 0.6 is 15.9 Å². The molecular formula is C36H35BrFN3O5. The highest BCUT2D eigenvalue weighted by Gasteiger charge is 2.24. The molecule has 0 bridgehead atoms. The number of nitrogens with zero attached hydrogens (tertiary/aromatic N) is 3. The molecule has 0 saturated heterocycles. The van der Waals surface area contributed by atoms with Gasteiger partial charge in [0.05, 0.1) is 42.1 Å². The van der Waals surface area contributed by atoms with Gasteiger partial charge >= 0.3 is 5.97 Å². The highest BCUT2D eigenvalue weighted by molar-refractivity contribution is 9.10. The lowest BCUT2D eigenvalue weighted by Crippen LogP contribution is -2.23. The number of ether oxygens (including phenoxy) is 4. The number of imidazole rings is 1. The fraction of sp³-hybridized carbons (Fsp3) is 0.306. The molecule has 0 saturated carbocycles. The molecule has 1 aliphatic heterocycles. The van der Waals surface area contributed by atoms with E-state index in [1.807, 2.05) is 45.0 Å². The monoisotopic (exact) mass is 687 g/mol. The number of halogens is 2. The maximum absolute atomic E-state index is 14.3. The van der Waals surface area contributed by atoms with Crippen molar-refractivity contribution in [2.24, 2.45) is 0 Å². The number of rotatable bonds is 10. The van der Waals surface area contributed by atoms with Crippen molar-refractivity contribution in [2.45, 2.75) is 59.2 Å². The van der Waals surface area contributed by atoms with Gasteiger partial charge < -0.3 is 23.5 Å². The van der Waals surface area contributed by atoms with Crippen LogP contribution in [0.15, 0.2) is 71.2 Å². The quantitative estimate of drug-likeness (QED) is 0.139. The average molecular weight is 689 g/mol. The third-order valence-corrected chi connectivity index (χ3v) is 8.23. The molecule has 0 amide bonds. The van der Waals surface area contributed by atoms with Crippen LogP contribution in [0.25, 0.3) is 22.3 Å². The zero-order valence-corrected chi connectivity index (χ0v) is 27.8. The summed E-state index contributed by atoms with van der Waals surface area (Å²) >= 11 is 3.28. The summed E-state index contributed by atoms with van der Waals surface area (Å²) in [6, 6.07) is 20.1. The van der Waals surface area contributed by atoms with E-state index < -0.39 is 5.60 Å². The van der Waals surface area contributed by atoms with Crippen molar-refractivity contribution >= 4 is 32.9 Å². The molecule has 0 N–H and O–H groups in total. The lowest BCUT2D eigenvalue weighted by atomic mass is 9.94. The van der Waals surface area contributed by atoms with Crippen LogP contribution in [0.2, 0.25) is 0 Å². The molecule has 0 radical (unpaired) electrons. The van der Waals surface area contributed by atoms with Gasteiger partial charge in [-0.1, -0.05) is 40.2 Å². The smallest absolute Gasteiger partial charge is 0.338 e. The highest BCUT2D eigenvalue weighted by atomic mass is 79.9. The van der Waals surface area contributed by atoms with E-state index in [4.69, 9.17) is 28.9 Å². The second-order valence-corrected chi connectivity index (χ2v) is 13.1. The highest BCUT2D eigenvalue weighted by Crippen LogP contribution is 2.35. The van der Waals surface area contributed by atoms with Gasteiger partial charge in [-0.3, -0.25) is 0 Å². The van der Waals surface area contributed by atoms with Gasteiger partial charge in [-0.2, -0.15) is 0 Å². The number of carbonyl (C=O) groups is 1. The molecule has 6 rings (SSSR count). The second-order valence-electron chi connectivity index (χ2n) is 12.2. The molecular weight excluding hydrogens is 653 g/mol. The number of pyridine rings is 1. The minimum absolute atomic E-state index is 0.0685. The lowest BCUT2D eigenvalue weighted by molar-refractivity contribution is 0.00696. The van der Waals surface area contributed by atoms with E-state index in [1.54, 1.807) is 31.4 Å². The molecule has 238 valence electrons. The molecule has 10 heteroatoms. The van der Waals surface area contributed by atoms with Crippen molar-refractivity contribution in [3.63, 3.8) is 0 Å². The van der Waals surface area contributed by atoms with E-state index in [9.17, 15) is 9.18 Å². The zero-order valence-electron chi connectivity index (χ0n) is 26.2. The Kier molecular flexibility index (Phi) is 9.22. The predicted octanol–water partition coefficient (Wildman–Crippen LogP) is 7.80. The summed E-state index contributed by atoms with van der Waals surface area (Å²) in [7, 11) is 1.67. The number of benzene rings is 3. The van der Waals surface area contributed by atoms with E-state index >= 15 is 0 Å². The van der Waals surface area contributed by atoms with E-state index in [0.717, 1.165) is 44.8 Å². The summed E-state index contributed by atoms with van der Waals surface area (Å²) in [6.45, 7) is 7.65. The van der Waals surface area contributed by atoms with Gasteiger partial charge in [-0.05, 0) is 73.9 Å². The van der Waals surface area contributed by atoms with E-state index in [1.165, 1.54) is 6.07 Å². The first kappa shape index (κ1) is 31.8. The Morgan fingerprint density at radius 2 is 1.80 bits per heavy atom. The molecule has 8 nitrogen and oxygen atoms in total. The van der Waals surface area contributed by atoms with E-state index in [0.29, 0.717) is 54.3 Å². The summed E-state index contributed by atoms with van der Waals surface area (Å²) in [5.41, 5.74) is 7.00. The van der Waals surface area contributed by atoms with Gasteiger partial charge in [0.15, 0.2) is 0 Å². The van der Waals surface area contributed by atoms with Crippen LogP contribution in [0.5, 0.6) is 5.88 Å². The minimum Gasteiger partial charge on any atom is -0.473 e. The molecule has 2 aromatic heterocycles. The van der Waals surface area contributed by atoms with Crippen LogP contribution in [-0.2, 0) is 47.0 Å². The Labute approximate surface area is 275 Å². The third-order valence-electron chi connectivity index (χ3n) is 7.74. The maximum Gasteiger partial charge on any atom is 0.338 e. The third kappa shape index (κ3) is 6.99. The van der Waals surface area contributed by atoms with Gasteiger partial charge in [0.25, 0.3) is 0 Å². The molecule has 0 atom stereocenters. The predicted molar refractivity (Wildman–Crippen MR) is 176 cm³/mol. The first-order valence-corrected chi connectivity index (χ1v) is 15.9. The fourth-order valence-corrected chi connectivity index (χ4v) is 5.89. The molecule has 3 heterocycles. The minimum atomic E-state index is -0.592. The number of hydrogen-bond acceptors (Lipinski definition) is 7. The Morgan fingerprint density at radius 3 is 2.59 bits per heavy atom. The van der Waals surface area contributed by atoms with Gasteiger partial charge in [0.2, 0.25) is 5.88 Å². The molecule has 46 heavy (non-hydrogen) atoms. The van der Waals surface area contributed by atoms with Crippen molar-refractivity contribution in [1.29, 1.82) is 0 Å². The molecule has 1 aliphatic rings. The van der Waals surface area contributed by atoms with Crippen molar-refractivity contribution in [2.75, 3.05) is 13.7 Å². The van der Waals surface area contributed by atoms with Crippen LogP contribution < -0.4 is 4.74 Å². The maximum atomic E-state index is 14.3. The Bertz CT molecular complexity index is 1920. The zero-order chi connectivity index (χ0) is 32.4. The summed E-state index contributed by atoms with van der Waals surface area (Å²) in [4.78, 5) is 22.5. The van der Waals surface area contributed by atoms with Crippen LogP contribution in [0, 0.1) is 5.82 Å². The Balaban J connectivity index is 1.28. The fourth-order valence-electron chi connectivity index (χ4n) is 5.56. The second kappa shape index (κ2) is 13.3. The van der Waals surface area contributed by atoms with Gasteiger partial charge in [0.1, 0.15) is 23.8 Å². The SMILES string of the molecule is COCCn1c(Cc2ccc(-c3cccc(OCc4ccc(Br)cc4F)n3)c3c2COC3)nc2ccc(C(=O)OC(C)(C)C)cc21. The van der Waals surface area contributed by atoms with Crippen molar-refractivity contribution in [3.8, 4) is 17.1 Å². The number of carbonyl (C=O) groups excluding carboxylic acids is 1. The van der Waals surface area contributed by atoms with Gasteiger partial charge in [0, 0.05) is 41.7 Å². The van der Waals surface area contributed by atoms with Crippen molar-refractivity contribution in [1.82, 2.24) is 14.5 Å². The molecule has 0 aliphatic carbocycles. The number of methoxy groups -OCH3 is 1. The first-order chi connectivity index (χ1) is 22.1. The van der Waals surface area contributed by atoms with E-state index in [2.05, 4.69) is 32.6 Å². The van der Waals surface area contributed by atoms with Crippen LogP contribution in [0.4, 0.5) is 4.39 Å². The average Bonchev–Trinajstić information content (AvgIpc) is 3.64. The normalized spacial score (nSPS) is 12.8. The van der Waals surface area contributed by atoms with Crippen LogP contribution in [0.1, 0.15) is 59.2 Å². The largest absolute Gasteiger partial charge is 0.473 e. The summed E-state index contributed by atoms with van der Waals surface area (Å²) in [5, 5.41) is 0. The molecule has 0 spiro atoms. The number of esters is 1. The number of hydrogen-bond donors (Lipinski definition) is 0. The molecule has 0 fully saturated rings. The van der Waals surface area contributed by atoms with Gasteiger partial charge in [-0.15, -0.1) is 0 Å². The van der Waals surface area contributed by atoms with Gasteiger partial charge in [-0.25, -0.2) is 19.2 Å². The molecule has 5 aromatic rings. The van der Waals surface area contributed by atoms with Crippen molar-refractivity contribution in [3.05, 3.63) is 111 Å². The number of aromatic nitrogens is 3.